The number of carboxylic acids is 1. The Hall–Kier alpha value is -1.85. The van der Waals surface area contributed by atoms with E-state index < -0.39 is 5.97 Å². The summed E-state index contributed by atoms with van der Waals surface area (Å²) in [5.41, 5.74) is 0.993. The number of anilines is 1. The van der Waals surface area contributed by atoms with Gasteiger partial charge in [0, 0.05) is 17.7 Å². The lowest BCUT2D eigenvalue weighted by Gasteiger charge is -2.08. The van der Waals surface area contributed by atoms with E-state index in [1.54, 1.807) is 0 Å². The first kappa shape index (κ1) is 13.6. The van der Waals surface area contributed by atoms with Gasteiger partial charge in [0.1, 0.15) is 0 Å². The van der Waals surface area contributed by atoms with Crippen molar-refractivity contribution < 1.29 is 14.7 Å². The molecule has 0 saturated heterocycles. The summed E-state index contributed by atoms with van der Waals surface area (Å²) in [5, 5.41) is 18.6. The van der Waals surface area contributed by atoms with E-state index in [-0.39, 0.29) is 17.7 Å². The van der Waals surface area contributed by atoms with Crippen LogP contribution in [-0.2, 0) is 16.0 Å². The predicted octanol–water partition coefficient (Wildman–Crippen LogP) is 1.80. The lowest BCUT2D eigenvalue weighted by molar-refractivity contribution is -0.141. The third-order valence-electron chi connectivity index (χ3n) is 3.55. The highest BCUT2D eigenvalue weighted by molar-refractivity contribution is 5.92. The molecule has 19 heavy (non-hydrogen) atoms. The van der Waals surface area contributed by atoms with Crippen molar-refractivity contribution in [2.75, 3.05) is 5.32 Å². The van der Waals surface area contributed by atoms with Crippen molar-refractivity contribution in [2.24, 2.45) is 11.8 Å². The Bertz CT molecular complexity index is 469. The van der Waals surface area contributed by atoms with Crippen molar-refractivity contribution in [3.8, 4) is 0 Å². The van der Waals surface area contributed by atoms with E-state index in [9.17, 15) is 9.59 Å². The number of rotatable bonds is 5. The van der Waals surface area contributed by atoms with Gasteiger partial charge in [0.05, 0.1) is 5.92 Å². The molecule has 0 bridgehead atoms. The maximum absolute atomic E-state index is 12.0. The number of carbonyl (C=O) groups excluding carboxylic acids is 1. The fourth-order valence-electron chi connectivity index (χ4n) is 2.50. The molecule has 0 aromatic carbocycles. The molecular formula is C13H19N3O3. The zero-order chi connectivity index (χ0) is 13.8. The van der Waals surface area contributed by atoms with Crippen LogP contribution < -0.4 is 5.32 Å². The summed E-state index contributed by atoms with van der Waals surface area (Å²) in [6, 6.07) is 1.82. The Morgan fingerprint density at radius 3 is 2.84 bits per heavy atom. The lowest BCUT2D eigenvalue weighted by atomic mass is 10.0. The molecule has 1 aromatic rings. The number of H-pyrrole nitrogens is 1. The monoisotopic (exact) mass is 265 g/mol. The maximum atomic E-state index is 12.0. The second-order valence-electron chi connectivity index (χ2n) is 5.06. The van der Waals surface area contributed by atoms with E-state index in [2.05, 4.69) is 22.4 Å². The van der Waals surface area contributed by atoms with Gasteiger partial charge in [-0.05, 0) is 25.7 Å². The van der Waals surface area contributed by atoms with Crippen LogP contribution in [-0.4, -0.2) is 27.2 Å². The topological polar surface area (TPSA) is 95.1 Å². The van der Waals surface area contributed by atoms with Crippen molar-refractivity contribution in [3.63, 3.8) is 0 Å². The molecule has 1 fully saturated rings. The number of aryl methyl sites for hydroxylation is 1. The average molecular weight is 265 g/mol. The van der Waals surface area contributed by atoms with Gasteiger partial charge < -0.3 is 10.4 Å². The number of aromatic amines is 1. The van der Waals surface area contributed by atoms with Crippen LogP contribution in [0.1, 0.15) is 38.3 Å². The molecule has 2 rings (SSSR count). The fraction of sp³-hybridized carbons (Fsp3) is 0.615. The molecule has 2 atom stereocenters. The Morgan fingerprint density at radius 2 is 2.21 bits per heavy atom. The number of carboxylic acid groups (broad SMARTS) is 1. The Morgan fingerprint density at radius 1 is 1.47 bits per heavy atom. The number of nitrogens with zero attached hydrogens (tertiary/aromatic N) is 1. The van der Waals surface area contributed by atoms with E-state index in [0.717, 1.165) is 18.5 Å². The number of amides is 1. The van der Waals surface area contributed by atoms with Crippen molar-refractivity contribution in [3.05, 3.63) is 11.8 Å². The van der Waals surface area contributed by atoms with Gasteiger partial charge in [0.15, 0.2) is 5.82 Å². The van der Waals surface area contributed by atoms with Gasteiger partial charge in [-0.3, -0.25) is 14.7 Å². The van der Waals surface area contributed by atoms with E-state index in [0.29, 0.717) is 25.1 Å². The van der Waals surface area contributed by atoms with Crippen LogP contribution in [0.4, 0.5) is 5.82 Å². The molecule has 0 aliphatic heterocycles. The first-order valence-corrected chi connectivity index (χ1v) is 6.68. The molecule has 3 N–H and O–H groups in total. The summed E-state index contributed by atoms with van der Waals surface area (Å²) in [5.74, 6) is -1.01. The maximum Gasteiger partial charge on any atom is 0.306 e. The van der Waals surface area contributed by atoms with Crippen LogP contribution in [0.5, 0.6) is 0 Å². The van der Waals surface area contributed by atoms with Crippen molar-refractivity contribution >= 4 is 17.7 Å². The molecule has 0 radical (unpaired) electrons. The van der Waals surface area contributed by atoms with Crippen molar-refractivity contribution in [1.82, 2.24) is 10.2 Å². The van der Waals surface area contributed by atoms with Crippen LogP contribution in [0.15, 0.2) is 6.07 Å². The van der Waals surface area contributed by atoms with E-state index in [1.165, 1.54) is 0 Å². The summed E-state index contributed by atoms with van der Waals surface area (Å²) in [6.45, 7) is 2.07. The third-order valence-corrected chi connectivity index (χ3v) is 3.55. The summed E-state index contributed by atoms with van der Waals surface area (Å²) in [4.78, 5) is 22.8. The Kier molecular flexibility index (Phi) is 4.19. The summed E-state index contributed by atoms with van der Waals surface area (Å²) >= 11 is 0. The standard InChI is InChI=1S/C13H19N3O3/c1-2-3-10-7-11(16-15-10)14-12(17)8-4-5-9(6-8)13(18)19/h7-9H,2-6H2,1H3,(H,18,19)(H2,14,15,16,17). The number of nitrogens with one attached hydrogen (secondary N) is 2. The molecule has 2 unspecified atom stereocenters. The zero-order valence-electron chi connectivity index (χ0n) is 11.0. The third kappa shape index (κ3) is 3.33. The van der Waals surface area contributed by atoms with E-state index in [1.807, 2.05) is 6.07 Å². The normalized spacial score (nSPS) is 22.4. The van der Waals surface area contributed by atoms with Crippen molar-refractivity contribution in [1.29, 1.82) is 0 Å². The van der Waals surface area contributed by atoms with Crippen LogP contribution >= 0.6 is 0 Å². The number of aliphatic carboxylic acids is 1. The van der Waals surface area contributed by atoms with Crippen LogP contribution in [0.25, 0.3) is 0 Å². The van der Waals surface area contributed by atoms with Crippen molar-refractivity contribution in [2.45, 2.75) is 39.0 Å². The molecule has 1 aliphatic rings. The molecule has 6 nitrogen and oxygen atoms in total. The predicted molar refractivity (Wildman–Crippen MR) is 69.7 cm³/mol. The average Bonchev–Trinajstić information content (AvgIpc) is 2.98. The number of hydrogen-bond donors (Lipinski definition) is 3. The first-order chi connectivity index (χ1) is 9.10. The lowest BCUT2D eigenvalue weighted by Crippen LogP contribution is -2.21. The Labute approximate surface area is 111 Å². The van der Waals surface area contributed by atoms with Gasteiger partial charge in [-0.2, -0.15) is 5.10 Å². The molecule has 104 valence electrons. The molecule has 1 saturated carbocycles. The molecular weight excluding hydrogens is 246 g/mol. The summed E-state index contributed by atoms with van der Waals surface area (Å²) in [7, 11) is 0. The van der Waals surface area contributed by atoms with Gasteiger partial charge in [-0.1, -0.05) is 13.3 Å². The first-order valence-electron chi connectivity index (χ1n) is 6.68. The Balaban J connectivity index is 1.88. The quantitative estimate of drug-likeness (QED) is 0.756. The largest absolute Gasteiger partial charge is 0.481 e. The smallest absolute Gasteiger partial charge is 0.306 e. The molecule has 1 aromatic heterocycles. The van der Waals surface area contributed by atoms with E-state index in [4.69, 9.17) is 5.11 Å². The minimum absolute atomic E-state index is 0.127. The fourth-order valence-corrected chi connectivity index (χ4v) is 2.50. The molecule has 6 heteroatoms. The second-order valence-corrected chi connectivity index (χ2v) is 5.06. The second kappa shape index (κ2) is 5.86. The van der Waals surface area contributed by atoms with Gasteiger partial charge in [0.2, 0.25) is 5.91 Å². The van der Waals surface area contributed by atoms with Gasteiger partial charge in [-0.25, -0.2) is 0 Å². The zero-order valence-corrected chi connectivity index (χ0v) is 11.0. The van der Waals surface area contributed by atoms with E-state index >= 15 is 0 Å². The van der Waals surface area contributed by atoms with Crippen LogP contribution in [0.2, 0.25) is 0 Å². The highest BCUT2D eigenvalue weighted by Crippen LogP contribution is 2.31. The molecule has 1 aliphatic carbocycles. The number of hydrogen-bond acceptors (Lipinski definition) is 3. The minimum atomic E-state index is -0.805. The van der Waals surface area contributed by atoms with Crippen LogP contribution in [0, 0.1) is 11.8 Å². The minimum Gasteiger partial charge on any atom is -0.481 e. The molecule has 1 amide bonds. The van der Waals surface area contributed by atoms with Gasteiger partial charge in [-0.15, -0.1) is 0 Å². The summed E-state index contributed by atoms with van der Waals surface area (Å²) < 4.78 is 0. The highest BCUT2D eigenvalue weighted by Gasteiger charge is 2.33. The number of carbonyl (C=O) groups is 2. The highest BCUT2D eigenvalue weighted by atomic mass is 16.4. The molecule has 1 heterocycles. The van der Waals surface area contributed by atoms with Gasteiger partial charge >= 0.3 is 5.97 Å². The molecule has 0 spiro atoms. The van der Waals surface area contributed by atoms with Crippen LogP contribution in [0.3, 0.4) is 0 Å². The SMILES string of the molecule is CCCc1cc(NC(=O)C2CCC(C(=O)O)C2)n[nH]1. The summed E-state index contributed by atoms with van der Waals surface area (Å²) in [6.07, 6.45) is 3.55. The van der Waals surface area contributed by atoms with Gasteiger partial charge in [0.25, 0.3) is 0 Å². The number of aromatic nitrogens is 2.